The van der Waals surface area contributed by atoms with E-state index in [1.165, 1.54) is 6.07 Å². The van der Waals surface area contributed by atoms with Crippen molar-refractivity contribution < 1.29 is 19.0 Å². The minimum atomic E-state index is -0.995. The van der Waals surface area contributed by atoms with Crippen LogP contribution in [0.1, 0.15) is 35.1 Å². The van der Waals surface area contributed by atoms with Crippen LogP contribution < -0.4 is 15.0 Å². The lowest BCUT2D eigenvalue weighted by Gasteiger charge is -2.32. The first-order chi connectivity index (χ1) is 14.5. The smallest absolute Gasteiger partial charge is 0.335 e. The minimum absolute atomic E-state index is 0.144. The van der Waals surface area contributed by atoms with Gasteiger partial charge in [-0.25, -0.2) is 9.18 Å². The molecule has 0 spiro atoms. The summed E-state index contributed by atoms with van der Waals surface area (Å²) < 4.78 is 22.2. The molecule has 0 amide bonds. The van der Waals surface area contributed by atoms with Crippen molar-refractivity contribution in [3.63, 3.8) is 0 Å². The van der Waals surface area contributed by atoms with Crippen LogP contribution in [0, 0.1) is 11.7 Å². The second kappa shape index (κ2) is 6.28. The number of nitrogens with zero attached hydrogens (tertiary/aromatic N) is 2. The highest BCUT2D eigenvalue weighted by atomic mass is 35.5. The number of aromatic nitrogens is 1. The van der Waals surface area contributed by atoms with Crippen molar-refractivity contribution in [1.82, 2.24) is 4.57 Å². The van der Waals surface area contributed by atoms with Crippen LogP contribution in [-0.2, 0) is 6.54 Å². The van der Waals surface area contributed by atoms with Crippen molar-refractivity contribution in [3.05, 3.63) is 52.4 Å². The minimum Gasteiger partial charge on any atom is -0.489 e. The fourth-order valence-corrected chi connectivity index (χ4v) is 4.90. The second-order valence-electron chi connectivity index (χ2n) is 8.19. The van der Waals surface area contributed by atoms with Gasteiger partial charge in [0, 0.05) is 11.9 Å². The summed E-state index contributed by atoms with van der Waals surface area (Å²) in [5.41, 5.74) is 3.50. The molecule has 2 aromatic carbocycles. The van der Waals surface area contributed by atoms with Crippen molar-refractivity contribution in [1.29, 1.82) is 0 Å². The van der Waals surface area contributed by atoms with Crippen molar-refractivity contribution >= 4 is 39.8 Å². The van der Waals surface area contributed by atoms with Crippen molar-refractivity contribution in [2.24, 2.45) is 5.92 Å². The summed E-state index contributed by atoms with van der Waals surface area (Å²) >= 11 is 6.39. The summed E-state index contributed by atoms with van der Waals surface area (Å²) in [5, 5.41) is 14.0. The number of rotatable bonds is 4. The predicted molar refractivity (Wildman–Crippen MR) is 112 cm³/mol. The Bertz CT molecular complexity index is 1220. The molecule has 1 unspecified atom stereocenters. The molecule has 1 atom stereocenters. The van der Waals surface area contributed by atoms with Gasteiger partial charge in [-0.3, -0.25) is 0 Å². The largest absolute Gasteiger partial charge is 0.489 e. The number of hydrogen-bond donors (Lipinski definition) is 2. The van der Waals surface area contributed by atoms with Gasteiger partial charge in [0.2, 0.25) is 0 Å². The van der Waals surface area contributed by atoms with E-state index in [9.17, 15) is 14.3 Å². The van der Waals surface area contributed by atoms with Gasteiger partial charge in [-0.1, -0.05) is 11.6 Å². The molecular weight excluding hydrogens is 409 g/mol. The molecule has 1 aliphatic carbocycles. The molecule has 1 aromatic heterocycles. The van der Waals surface area contributed by atoms with Crippen molar-refractivity contribution in [2.45, 2.75) is 25.6 Å². The molecule has 3 aromatic rings. The number of benzene rings is 2. The SMILES string of the molecule is O=C(O)c1cc2c3c(c1)OCCN3C(c1cc3ccc(F)c(Cl)c3n1CC1CC1)N2. The highest BCUT2D eigenvalue weighted by molar-refractivity contribution is 6.35. The van der Waals surface area contributed by atoms with Gasteiger partial charge in [-0.05, 0) is 49.1 Å². The van der Waals surface area contributed by atoms with E-state index in [-0.39, 0.29) is 16.8 Å². The lowest BCUT2D eigenvalue weighted by atomic mass is 10.1. The highest BCUT2D eigenvalue weighted by Crippen LogP contribution is 2.50. The first kappa shape index (κ1) is 17.9. The zero-order valence-electron chi connectivity index (χ0n) is 16.0. The van der Waals surface area contributed by atoms with Crippen molar-refractivity contribution in [2.75, 3.05) is 23.4 Å². The molecule has 2 N–H and O–H groups in total. The molecule has 1 saturated carbocycles. The summed E-state index contributed by atoms with van der Waals surface area (Å²) in [5.74, 6) is -0.278. The van der Waals surface area contributed by atoms with E-state index < -0.39 is 11.8 Å². The molecule has 6 rings (SSSR count). The van der Waals surface area contributed by atoms with Gasteiger partial charge < -0.3 is 24.6 Å². The quantitative estimate of drug-likeness (QED) is 0.622. The number of aromatic carboxylic acids is 1. The lowest BCUT2D eigenvalue weighted by Crippen LogP contribution is -2.36. The molecule has 6 nitrogen and oxygen atoms in total. The normalized spacial score (nSPS) is 19.5. The first-order valence-electron chi connectivity index (χ1n) is 10.1. The van der Waals surface area contributed by atoms with Crippen LogP contribution in [0.4, 0.5) is 15.8 Å². The molecule has 2 aliphatic heterocycles. The molecule has 0 bridgehead atoms. The first-order valence-corrected chi connectivity index (χ1v) is 10.4. The Labute approximate surface area is 176 Å². The summed E-state index contributed by atoms with van der Waals surface area (Å²) in [6.07, 6.45) is 2.11. The van der Waals surface area contributed by atoms with E-state index in [2.05, 4.69) is 20.9 Å². The average molecular weight is 428 g/mol. The Hall–Kier alpha value is -2.93. The van der Waals surface area contributed by atoms with E-state index in [4.69, 9.17) is 16.3 Å². The molecular formula is C22H19ClFN3O3. The van der Waals surface area contributed by atoms with Gasteiger partial charge in [0.05, 0.1) is 29.0 Å². The lowest BCUT2D eigenvalue weighted by molar-refractivity contribution is 0.0696. The van der Waals surface area contributed by atoms with Crippen LogP contribution in [0.2, 0.25) is 5.02 Å². The second-order valence-corrected chi connectivity index (χ2v) is 8.56. The van der Waals surface area contributed by atoms with Gasteiger partial charge in [0.25, 0.3) is 0 Å². The predicted octanol–water partition coefficient (Wildman–Crippen LogP) is 4.87. The summed E-state index contributed by atoms with van der Waals surface area (Å²) in [6, 6.07) is 8.43. The fraction of sp³-hybridized carbons (Fsp3) is 0.318. The number of carboxylic acids is 1. The third kappa shape index (κ3) is 2.58. The third-order valence-corrected chi connectivity index (χ3v) is 6.57. The standard InChI is InChI=1S/C22H19ClFN3O3/c23-18-14(24)4-3-12-8-16(27(19(12)18)10-11-1-2-11)21-25-15-7-13(22(28)29)9-17-20(15)26(21)5-6-30-17/h3-4,7-9,11,21,25H,1-2,5-6,10H2,(H,28,29). The Morgan fingerprint density at radius 1 is 1.30 bits per heavy atom. The van der Waals surface area contributed by atoms with Crippen LogP contribution in [0.3, 0.4) is 0 Å². The Morgan fingerprint density at radius 2 is 2.13 bits per heavy atom. The summed E-state index contributed by atoms with van der Waals surface area (Å²) in [7, 11) is 0. The van der Waals surface area contributed by atoms with Crippen molar-refractivity contribution in [3.8, 4) is 5.75 Å². The number of halogens is 2. The topological polar surface area (TPSA) is 66.7 Å². The maximum atomic E-state index is 14.3. The zero-order valence-corrected chi connectivity index (χ0v) is 16.7. The number of anilines is 2. The summed E-state index contributed by atoms with van der Waals surface area (Å²) in [4.78, 5) is 13.7. The van der Waals surface area contributed by atoms with Crippen LogP contribution in [0.15, 0.2) is 30.3 Å². The molecule has 3 aliphatic rings. The van der Waals surface area contributed by atoms with E-state index in [0.29, 0.717) is 24.8 Å². The maximum absolute atomic E-state index is 14.3. The number of ether oxygens (including phenoxy) is 1. The van der Waals surface area contributed by atoms with Gasteiger partial charge in [0.15, 0.2) is 0 Å². The molecule has 0 saturated heterocycles. The van der Waals surface area contributed by atoms with Gasteiger partial charge >= 0.3 is 5.97 Å². The van der Waals surface area contributed by atoms with E-state index in [0.717, 1.165) is 47.4 Å². The Balaban J connectivity index is 1.52. The van der Waals surface area contributed by atoms with E-state index in [1.54, 1.807) is 18.2 Å². The van der Waals surface area contributed by atoms with Gasteiger partial charge in [-0.2, -0.15) is 0 Å². The monoisotopic (exact) mass is 427 g/mol. The molecule has 3 heterocycles. The third-order valence-electron chi connectivity index (χ3n) is 6.21. The fourth-order valence-electron chi connectivity index (χ4n) is 4.62. The van der Waals surface area contributed by atoms with Gasteiger partial charge in [0.1, 0.15) is 35.0 Å². The number of carboxylic acid groups (broad SMARTS) is 1. The Kier molecular flexibility index (Phi) is 3.75. The van der Waals surface area contributed by atoms with Crippen LogP contribution in [0.5, 0.6) is 5.75 Å². The number of carbonyl (C=O) groups is 1. The molecule has 8 heteroatoms. The van der Waals surface area contributed by atoms with Crippen LogP contribution in [0.25, 0.3) is 10.9 Å². The summed E-state index contributed by atoms with van der Waals surface area (Å²) in [6.45, 7) is 1.91. The number of hydrogen-bond acceptors (Lipinski definition) is 4. The Morgan fingerprint density at radius 3 is 2.90 bits per heavy atom. The number of fused-ring (bicyclic) bond motifs is 1. The molecule has 154 valence electrons. The van der Waals surface area contributed by atoms with E-state index >= 15 is 0 Å². The van der Waals surface area contributed by atoms with Gasteiger partial charge in [-0.15, -0.1) is 0 Å². The highest BCUT2D eigenvalue weighted by Gasteiger charge is 2.38. The molecule has 1 fully saturated rings. The zero-order chi connectivity index (χ0) is 20.6. The van der Waals surface area contributed by atoms with Crippen LogP contribution in [-0.4, -0.2) is 28.8 Å². The number of nitrogens with one attached hydrogen (secondary N) is 1. The van der Waals surface area contributed by atoms with E-state index in [1.807, 2.05) is 0 Å². The van der Waals surface area contributed by atoms with Crippen LogP contribution >= 0.6 is 11.6 Å². The molecule has 0 radical (unpaired) electrons. The average Bonchev–Trinajstić information content (AvgIpc) is 3.37. The molecule has 30 heavy (non-hydrogen) atoms. The maximum Gasteiger partial charge on any atom is 0.335 e.